The van der Waals surface area contributed by atoms with Crippen molar-refractivity contribution in [1.82, 2.24) is 9.88 Å². The number of aliphatic hydroxyl groups is 1. The van der Waals surface area contributed by atoms with Gasteiger partial charge in [0.25, 0.3) is 0 Å². The summed E-state index contributed by atoms with van der Waals surface area (Å²) in [5.41, 5.74) is 7.01. The molecule has 1 amide bonds. The van der Waals surface area contributed by atoms with E-state index in [-0.39, 0.29) is 29.1 Å². The molecule has 1 aromatic carbocycles. The average Bonchev–Trinajstić information content (AvgIpc) is 3.37. The van der Waals surface area contributed by atoms with Crippen LogP contribution in [-0.4, -0.2) is 58.1 Å². The molecule has 42 heavy (non-hydrogen) atoms. The minimum Gasteiger partial charge on any atom is -0.393 e. The highest BCUT2D eigenvalue weighted by Crippen LogP contribution is 2.39. The number of amides is 1. The first-order valence-corrected chi connectivity index (χ1v) is 16.0. The number of aromatic nitrogens is 1. The summed E-state index contributed by atoms with van der Waals surface area (Å²) in [7, 11) is 0. The van der Waals surface area contributed by atoms with Gasteiger partial charge in [0.1, 0.15) is 0 Å². The SMILES string of the molecule is CCCC(=O)Nc1cccc([C@@H](CCN2CCC(O)CC2)CC(=O)C2=Nc3cc4c(nc3C2)CC[C@H](C(C)(C)C)C4)c1. The van der Waals surface area contributed by atoms with Crippen LogP contribution in [0.3, 0.4) is 0 Å². The number of nitrogens with one attached hydrogen (secondary N) is 1. The smallest absolute Gasteiger partial charge is 0.224 e. The van der Waals surface area contributed by atoms with Crippen molar-refractivity contribution in [3.05, 3.63) is 52.8 Å². The molecule has 0 radical (unpaired) electrons. The Morgan fingerprint density at radius 2 is 1.90 bits per heavy atom. The van der Waals surface area contributed by atoms with Crippen molar-refractivity contribution in [2.24, 2.45) is 16.3 Å². The lowest BCUT2D eigenvalue weighted by atomic mass is 9.71. The predicted octanol–water partition coefficient (Wildman–Crippen LogP) is 6.19. The molecule has 1 saturated heterocycles. The number of anilines is 1. The van der Waals surface area contributed by atoms with E-state index in [1.54, 1.807) is 0 Å². The summed E-state index contributed by atoms with van der Waals surface area (Å²) in [6.45, 7) is 11.6. The highest BCUT2D eigenvalue weighted by molar-refractivity contribution is 6.41. The number of benzene rings is 1. The standard InChI is InChI=1S/C35H48N4O3/c1-5-7-34(42)36-27-9-6-8-23(19-27)24(12-15-39-16-13-28(40)14-17-39)21-33(41)32-22-31-30(38-32)20-25-18-26(35(2,3)4)10-11-29(25)37-31/h6,8-9,19-20,24,26,28,40H,5,7,10-18,21-22H2,1-4H3,(H,36,42)/t24-,26-/m0/s1. The van der Waals surface area contributed by atoms with Gasteiger partial charge in [-0.2, -0.15) is 0 Å². The summed E-state index contributed by atoms with van der Waals surface area (Å²) in [6, 6.07) is 10.2. The quantitative estimate of drug-likeness (QED) is 0.354. The third kappa shape index (κ3) is 7.54. The molecule has 2 aromatic rings. The zero-order valence-electron chi connectivity index (χ0n) is 25.9. The monoisotopic (exact) mass is 572 g/mol. The van der Waals surface area contributed by atoms with E-state index in [2.05, 4.69) is 43.1 Å². The van der Waals surface area contributed by atoms with Gasteiger partial charge < -0.3 is 15.3 Å². The lowest BCUT2D eigenvalue weighted by Crippen LogP contribution is -2.37. The van der Waals surface area contributed by atoms with Crippen LogP contribution in [-0.2, 0) is 28.9 Å². The molecule has 0 bridgehead atoms. The first-order valence-electron chi connectivity index (χ1n) is 16.0. The van der Waals surface area contributed by atoms with Gasteiger partial charge in [-0.25, -0.2) is 4.99 Å². The fourth-order valence-electron chi connectivity index (χ4n) is 6.70. The number of aliphatic imine (C=N–C) groups is 1. The molecule has 2 N–H and O–H groups in total. The van der Waals surface area contributed by atoms with Crippen LogP contribution in [0.25, 0.3) is 0 Å². The summed E-state index contributed by atoms with van der Waals surface area (Å²) < 4.78 is 0. The molecule has 2 atom stereocenters. The molecule has 3 aliphatic rings. The lowest BCUT2D eigenvalue weighted by Gasteiger charge is -2.34. The molecule has 7 heteroatoms. The van der Waals surface area contributed by atoms with Crippen LogP contribution in [0, 0.1) is 11.3 Å². The maximum Gasteiger partial charge on any atom is 0.224 e. The van der Waals surface area contributed by atoms with Crippen molar-refractivity contribution in [3.63, 3.8) is 0 Å². The molecule has 1 aliphatic carbocycles. The zero-order valence-corrected chi connectivity index (χ0v) is 25.9. The van der Waals surface area contributed by atoms with Crippen molar-refractivity contribution >= 4 is 28.8 Å². The Balaban J connectivity index is 1.31. The Kier molecular flexibility index (Phi) is 9.58. The van der Waals surface area contributed by atoms with E-state index in [1.165, 1.54) is 11.3 Å². The van der Waals surface area contributed by atoms with Crippen LogP contribution >= 0.6 is 0 Å². The summed E-state index contributed by atoms with van der Waals surface area (Å²) in [5.74, 6) is 0.726. The number of carbonyl (C=O) groups is 2. The van der Waals surface area contributed by atoms with E-state index in [1.807, 2.05) is 25.1 Å². The maximum atomic E-state index is 13.8. The number of hydrogen-bond donors (Lipinski definition) is 2. The molecule has 0 spiro atoms. The number of piperidine rings is 1. The number of hydrogen-bond acceptors (Lipinski definition) is 6. The molecule has 1 fully saturated rings. The highest BCUT2D eigenvalue weighted by atomic mass is 16.3. The molecular weight excluding hydrogens is 524 g/mol. The fraction of sp³-hybridized carbons (Fsp3) is 0.600. The van der Waals surface area contributed by atoms with Crippen molar-refractivity contribution < 1.29 is 14.7 Å². The van der Waals surface area contributed by atoms with Gasteiger partial charge in [0, 0.05) is 43.7 Å². The first-order chi connectivity index (χ1) is 20.1. The van der Waals surface area contributed by atoms with E-state index in [0.717, 1.165) is 87.2 Å². The number of aliphatic hydroxyl groups excluding tert-OH is 1. The van der Waals surface area contributed by atoms with Crippen LogP contribution in [0.4, 0.5) is 11.4 Å². The third-order valence-electron chi connectivity index (χ3n) is 9.48. The van der Waals surface area contributed by atoms with E-state index in [4.69, 9.17) is 9.98 Å². The molecule has 7 nitrogen and oxygen atoms in total. The maximum absolute atomic E-state index is 13.8. The third-order valence-corrected chi connectivity index (χ3v) is 9.48. The zero-order chi connectivity index (χ0) is 29.9. The van der Waals surface area contributed by atoms with Crippen LogP contribution in [0.15, 0.2) is 35.3 Å². The summed E-state index contributed by atoms with van der Waals surface area (Å²) in [5, 5.41) is 12.9. The largest absolute Gasteiger partial charge is 0.393 e. The van der Waals surface area contributed by atoms with Crippen LogP contribution in [0.2, 0.25) is 0 Å². The predicted molar refractivity (Wildman–Crippen MR) is 169 cm³/mol. The minimum atomic E-state index is -0.206. The fourth-order valence-corrected chi connectivity index (χ4v) is 6.70. The van der Waals surface area contributed by atoms with Gasteiger partial charge in [0.15, 0.2) is 5.78 Å². The second-order valence-corrected chi connectivity index (χ2v) is 13.7. The molecule has 3 heterocycles. The van der Waals surface area contributed by atoms with Crippen LogP contribution < -0.4 is 5.32 Å². The van der Waals surface area contributed by atoms with Crippen molar-refractivity contribution in [2.45, 2.75) is 104 Å². The van der Waals surface area contributed by atoms with Crippen molar-refractivity contribution in [3.8, 4) is 0 Å². The minimum absolute atomic E-state index is 0.00694. The number of pyridine rings is 1. The van der Waals surface area contributed by atoms with Crippen molar-refractivity contribution in [1.29, 1.82) is 0 Å². The normalized spacial score (nSPS) is 20.0. The van der Waals surface area contributed by atoms with Gasteiger partial charge in [-0.15, -0.1) is 0 Å². The molecule has 1 aromatic heterocycles. The Morgan fingerprint density at radius 3 is 2.64 bits per heavy atom. The topological polar surface area (TPSA) is 94.9 Å². The highest BCUT2D eigenvalue weighted by Gasteiger charge is 2.32. The number of ketones is 1. The van der Waals surface area contributed by atoms with Gasteiger partial charge in [-0.1, -0.05) is 39.8 Å². The van der Waals surface area contributed by atoms with Gasteiger partial charge in [-0.05, 0) is 98.1 Å². The van der Waals surface area contributed by atoms with E-state index < -0.39 is 0 Å². The van der Waals surface area contributed by atoms with Gasteiger partial charge in [-0.3, -0.25) is 14.6 Å². The second kappa shape index (κ2) is 13.2. The Bertz CT molecular complexity index is 1320. The molecular formula is C35H48N4O3. The number of fused-ring (bicyclic) bond motifs is 2. The molecule has 226 valence electrons. The molecule has 0 saturated carbocycles. The summed E-state index contributed by atoms with van der Waals surface area (Å²) >= 11 is 0. The van der Waals surface area contributed by atoms with E-state index in [0.29, 0.717) is 30.9 Å². The van der Waals surface area contributed by atoms with Gasteiger partial charge in [0.2, 0.25) is 5.91 Å². The number of nitrogens with zero attached hydrogens (tertiary/aromatic N) is 3. The molecule has 5 rings (SSSR count). The number of Topliss-reactive ketones (excluding diaryl/α,β-unsaturated/α-hetero) is 1. The average molecular weight is 573 g/mol. The Hall–Kier alpha value is -2.90. The lowest BCUT2D eigenvalue weighted by molar-refractivity contribution is -0.116. The second-order valence-electron chi connectivity index (χ2n) is 13.7. The van der Waals surface area contributed by atoms with Gasteiger partial charge in [0.05, 0.1) is 23.2 Å². The number of aryl methyl sites for hydroxylation is 1. The van der Waals surface area contributed by atoms with E-state index >= 15 is 0 Å². The summed E-state index contributed by atoms with van der Waals surface area (Å²) in [6.07, 6.45) is 7.56. The first kappa shape index (κ1) is 30.6. The van der Waals surface area contributed by atoms with Crippen LogP contribution in [0.5, 0.6) is 0 Å². The molecule has 2 aliphatic heterocycles. The number of carbonyl (C=O) groups excluding carboxylic acids is 2. The van der Waals surface area contributed by atoms with Gasteiger partial charge >= 0.3 is 0 Å². The van der Waals surface area contributed by atoms with Crippen molar-refractivity contribution in [2.75, 3.05) is 25.0 Å². The Labute approximate surface area is 251 Å². The summed E-state index contributed by atoms with van der Waals surface area (Å²) in [4.78, 5) is 38.3. The van der Waals surface area contributed by atoms with Crippen LogP contribution in [0.1, 0.15) is 101 Å². The Morgan fingerprint density at radius 1 is 1.12 bits per heavy atom. The molecule has 0 unspecified atom stereocenters. The van der Waals surface area contributed by atoms with E-state index in [9.17, 15) is 14.7 Å². The number of rotatable bonds is 10. The number of likely N-dealkylation sites (tertiary alicyclic amines) is 1.